The lowest BCUT2D eigenvalue weighted by molar-refractivity contribution is -0.142. The first-order valence-electron chi connectivity index (χ1n) is 10.6. The highest BCUT2D eigenvalue weighted by atomic mass is 16.5. The van der Waals surface area contributed by atoms with E-state index in [1.165, 1.54) is 11.1 Å². The number of carbonyl (C=O) groups excluding carboxylic acids is 2. The number of primary amides is 1. The number of amides is 2. The number of benzene rings is 2. The van der Waals surface area contributed by atoms with Gasteiger partial charge in [0.1, 0.15) is 5.75 Å². The molecule has 3 atom stereocenters. The van der Waals surface area contributed by atoms with Crippen molar-refractivity contribution in [3.05, 3.63) is 65.2 Å². The first-order valence-corrected chi connectivity index (χ1v) is 10.6. The average Bonchev–Trinajstić information content (AvgIpc) is 3.36. The molecule has 0 bridgehead atoms. The quantitative estimate of drug-likeness (QED) is 0.843. The van der Waals surface area contributed by atoms with Crippen LogP contribution in [0.4, 0.5) is 0 Å². The molecule has 6 nitrogen and oxygen atoms in total. The van der Waals surface area contributed by atoms with Crippen molar-refractivity contribution >= 4 is 11.8 Å². The molecule has 2 fully saturated rings. The van der Waals surface area contributed by atoms with Gasteiger partial charge in [-0.2, -0.15) is 0 Å². The summed E-state index contributed by atoms with van der Waals surface area (Å²) >= 11 is 0. The van der Waals surface area contributed by atoms with Crippen LogP contribution in [0.1, 0.15) is 29.2 Å². The van der Waals surface area contributed by atoms with Crippen LogP contribution in [-0.4, -0.2) is 53.9 Å². The summed E-state index contributed by atoms with van der Waals surface area (Å²) in [6, 6.07) is 16.2. The normalized spacial score (nSPS) is 26.5. The molecule has 5 rings (SSSR count). The molecule has 2 N–H and O–H groups in total. The standard InChI is InChI=1S/C24H27N3O3/c1-30-20-8-6-15(7-9-20)23-21(24(25)29)12-19-13-26(14-22(28)27(19)23)18-10-16-4-2-3-5-17(16)11-18/h2-9,18-19,21,23H,10-14H2,1H3,(H2,25,29)/t19-,21-,23-/m1/s1. The second-order valence-electron chi connectivity index (χ2n) is 8.68. The van der Waals surface area contributed by atoms with Crippen molar-refractivity contribution < 1.29 is 14.3 Å². The highest BCUT2D eigenvalue weighted by Gasteiger charge is 2.50. The van der Waals surface area contributed by atoms with E-state index < -0.39 is 0 Å². The molecule has 0 unspecified atom stereocenters. The fourth-order valence-electron chi connectivity index (χ4n) is 5.61. The van der Waals surface area contributed by atoms with Crippen molar-refractivity contribution in [1.29, 1.82) is 0 Å². The first kappa shape index (κ1) is 19.1. The van der Waals surface area contributed by atoms with Crippen LogP contribution in [0.15, 0.2) is 48.5 Å². The van der Waals surface area contributed by atoms with Crippen LogP contribution >= 0.6 is 0 Å². The van der Waals surface area contributed by atoms with Crippen LogP contribution in [0, 0.1) is 5.92 Å². The van der Waals surface area contributed by atoms with Gasteiger partial charge in [0.05, 0.1) is 25.6 Å². The van der Waals surface area contributed by atoms with Gasteiger partial charge in [0, 0.05) is 18.6 Å². The Hall–Kier alpha value is -2.86. The zero-order valence-electron chi connectivity index (χ0n) is 17.2. The van der Waals surface area contributed by atoms with Gasteiger partial charge in [-0.15, -0.1) is 0 Å². The summed E-state index contributed by atoms with van der Waals surface area (Å²) in [5, 5.41) is 0. The van der Waals surface area contributed by atoms with Gasteiger partial charge < -0.3 is 15.4 Å². The average molecular weight is 405 g/mol. The van der Waals surface area contributed by atoms with E-state index in [0.29, 0.717) is 19.0 Å². The molecule has 2 aliphatic heterocycles. The number of methoxy groups -OCH3 is 1. The minimum Gasteiger partial charge on any atom is -0.497 e. The van der Waals surface area contributed by atoms with E-state index in [-0.39, 0.29) is 29.8 Å². The number of nitrogens with zero attached hydrogens (tertiary/aromatic N) is 2. The molecule has 2 aromatic rings. The second-order valence-corrected chi connectivity index (χ2v) is 8.68. The van der Waals surface area contributed by atoms with Crippen LogP contribution in [0.3, 0.4) is 0 Å². The molecule has 0 saturated carbocycles. The number of piperazine rings is 1. The summed E-state index contributed by atoms with van der Waals surface area (Å²) in [4.78, 5) is 29.8. The molecule has 0 spiro atoms. The Morgan fingerprint density at radius 2 is 1.70 bits per heavy atom. The molecule has 6 heteroatoms. The van der Waals surface area contributed by atoms with Crippen LogP contribution in [0.2, 0.25) is 0 Å². The first-order chi connectivity index (χ1) is 14.5. The number of ether oxygens (including phenoxy) is 1. The van der Waals surface area contributed by atoms with Crippen molar-refractivity contribution in [2.45, 2.75) is 37.4 Å². The lowest BCUT2D eigenvalue weighted by atomic mass is 9.92. The summed E-state index contributed by atoms with van der Waals surface area (Å²) < 4.78 is 5.25. The highest BCUT2D eigenvalue weighted by Crippen LogP contribution is 2.43. The van der Waals surface area contributed by atoms with Gasteiger partial charge in [-0.05, 0) is 48.1 Å². The van der Waals surface area contributed by atoms with E-state index in [1.807, 2.05) is 29.2 Å². The van der Waals surface area contributed by atoms with Crippen LogP contribution in [0.25, 0.3) is 0 Å². The van der Waals surface area contributed by atoms with E-state index in [9.17, 15) is 9.59 Å². The van der Waals surface area contributed by atoms with E-state index in [4.69, 9.17) is 10.5 Å². The summed E-state index contributed by atoms with van der Waals surface area (Å²) in [7, 11) is 1.62. The van der Waals surface area contributed by atoms with Crippen molar-refractivity contribution in [2.24, 2.45) is 11.7 Å². The minimum absolute atomic E-state index is 0.0135. The van der Waals surface area contributed by atoms with Gasteiger partial charge in [-0.3, -0.25) is 14.5 Å². The van der Waals surface area contributed by atoms with Crippen molar-refractivity contribution in [3.8, 4) is 5.75 Å². The Morgan fingerprint density at radius 1 is 1.03 bits per heavy atom. The number of carbonyl (C=O) groups is 2. The van der Waals surface area contributed by atoms with E-state index in [1.54, 1.807) is 7.11 Å². The van der Waals surface area contributed by atoms with Crippen LogP contribution in [0.5, 0.6) is 5.75 Å². The topological polar surface area (TPSA) is 75.9 Å². The highest BCUT2D eigenvalue weighted by molar-refractivity contribution is 5.84. The van der Waals surface area contributed by atoms with Crippen LogP contribution < -0.4 is 10.5 Å². The molecule has 0 radical (unpaired) electrons. The monoisotopic (exact) mass is 405 g/mol. The fraction of sp³-hybridized carbons (Fsp3) is 0.417. The predicted octanol–water partition coefficient (Wildman–Crippen LogP) is 1.92. The summed E-state index contributed by atoms with van der Waals surface area (Å²) in [6.45, 7) is 1.19. The maximum Gasteiger partial charge on any atom is 0.237 e. The Bertz CT molecular complexity index is 949. The van der Waals surface area contributed by atoms with Gasteiger partial charge in [-0.1, -0.05) is 36.4 Å². The lowest BCUT2D eigenvalue weighted by Crippen LogP contribution is -2.57. The number of hydrogen-bond acceptors (Lipinski definition) is 4. The molecule has 2 amide bonds. The Kier molecular flexibility index (Phi) is 4.74. The van der Waals surface area contributed by atoms with Gasteiger partial charge in [-0.25, -0.2) is 0 Å². The zero-order valence-corrected chi connectivity index (χ0v) is 17.2. The van der Waals surface area contributed by atoms with E-state index in [2.05, 4.69) is 29.2 Å². The van der Waals surface area contributed by atoms with Gasteiger partial charge in [0.25, 0.3) is 0 Å². The zero-order chi connectivity index (χ0) is 20.8. The SMILES string of the molecule is COc1ccc([C@@H]2[C@H](C(N)=O)C[C@@H]3CN(C4Cc5ccccc5C4)CC(=O)N32)cc1. The maximum atomic E-state index is 13.3. The van der Waals surface area contributed by atoms with Gasteiger partial charge in [0.2, 0.25) is 11.8 Å². The largest absolute Gasteiger partial charge is 0.497 e. The lowest BCUT2D eigenvalue weighted by Gasteiger charge is -2.42. The summed E-state index contributed by atoms with van der Waals surface area (Å²) in [5.41, 5.74) is 9.49. The number of fused-ring (bicyclic) bond motifs is 2. The molecular weight excluding hydrogens is 378 g/mol. The Balaban J connectivity index is 1.39. The summed E-state index contributed by atoms with van der Waals surface area (Å²) in [5.74, 6) is 0.138. The summed E-state index contributed by atoms with van der Waals surface area (Å²) in [6.07, 6.45) is 2.59. The molecule has 2 heterocycles. The molecule has 2 saturated heterocycles. The predicted molar refractivity (Wildman–Crippen MR) is 113 cm³/mol. The molecular formula is C24H27N3O3. The fourth-order valence-corrected chi connectivity index (χ4v) is 5.61. The molecule has 0 aromatic heterocycles. The van der Waals surface area contributed by atoms with Gasteiger partial charge in [0.15, 0.2) is 0 Å². The number of hydrogen-bond donors (Lipinski definition) is 1. The van der Waals surface area contributed by atoms with E-state index >= 15 is 0 Å². The van der Waals surface area contributed by atoms with Crippen molar-refractivity contribution in [1.82, 2.24) is 9.80 Å². The smallest absolute Gasteiger partial charge is 0.237 e. The van der Waals surface area contributed by atoms with E-state index in [0.717, 1.165) is 30.7 Å². The third-order valence-electron chi connectivity index (χ3n) is 7.04. The Labute approximate surface area is 176 Å². The molecule has 2 aromatic carbocycles. The number of rotatable bonds is 4. The Morgan fingerprint density at radius 3 is 2.30 bits per heavy atom. The van der Waals surface area contributed by atoms with Crippen molar-refractivity contribution in [3.63, 3.8) is 0 Å². The number of nitrogens with two attached hydrogens (primary N) is 1. The maximum absolute atomic E-state index is 13.3. The molecule has 1 aliphatic carbocycles. The third-order valence-corrected chi connectivity index (χ3v) is 7.04. The van der Waals surface area contributed by atoms with Gasteiger partial charge >= 0.3 is 0 Å². The van der Waals surface area contributed by atoms with Crippen LogP contribution in [-0.2, 0) is 22.4 Å². The minimum atomic E-state index is -0.368. The second kappa shape index (κ2) is 7.43. The molecule has 30 heavy (non-hydrogen) atoms. The van der Waals surface area contributed by atoms with Crippen molar-refractivity contribution in [2.75, 3.05) is 20.2 Å². The molecule has 156 valence electrons. The molecule has 3 aliphatic rings. The third kappa shape index (κ3) is 3.16.